The molecule has 3 nitrogen and oxygen atoms in total. The second-order valence-corrected chi connectivity index (χ2v) is 4.20. The first kappa shape index (κ1) is 10.5. The zero-order chi connectivity index (χ0) is 9.84. The highest BCUT2D eigenvalue weighted by molar-refractivity contribution is 5.71. The molecule has 0 aromatic carbocycles. The quantitative estimate of drug-likeness (QED) is 0.617. The molecule has 1 fully saturated rings. The van der Waals surface area contributed by atoms with E-state index in [9.17, 15) is 4.79 Å². The van der Waals surface area contributed by atoms with E-state index < -0.39 is 0 Å². The predicted molar refractivity (Wildman–Crippen MR) is 51.4 cm³/mol. The standard InChI is InChI=1S/C10H19NO2/c1-8(2)10(12)13-7-9-4-5-11(3)6-9/h8-9H,4-7H2,1-3H3. The van der Waals surface area contributed by atoms with E-state index in [-0.39, 0.29) is 11.9 Å². The molecule has 1 aliphatic heterocycles. The molecule has 0 radical (unpaired) electrons. The maximum atomic E-state index is 11.1. The molecule has 0 aliphatic carbocycles. The van der Waals surface area contributed by atoms with E-state index in [1.165, 1.54) is 0 Å². The summed E-state index contributed by atoms with van der Waals surface area (Å²) < 4.78 is 5.17. The zero-order valence-corrected chi connectivity index (χ0v) is 8.75. The number of hydrogen-bond acceptors (Lipinski definition) is 3. The summed E-state index contributed by atoms with van der Waals surface area (Å²) in [5.74, 6) is 0.474. The van der Waals surface area contributed by atoms with Gasteiger partial charge in [0.05, 0.1) is 12.5 Å². The monoisotopic (exact) mass is 185 g/mol. The van der Waals surface area contributed by atoms with Crippen LogP contribution in [0.1, 0.15) is 20.3 Å². The molecule has 0 amide bonds. The van der Waals surface area contributed by atoms with Gasteiger partial charge in [0.1, 0.15) is 0 Å². The molecule has 1 heterocycles. The number of carbonyl (C=O) groups is 1. The zero-order valence-electron chi connectivity index (χ0n) is 8.75. The van der Waals surface area contributed by atoms with Crippen molar-refractivity contribution in [3.8, 4) is 0 Å². The van der Waals surface area contributed by atoms with Gasteiger partial charge in [0.15, 0.2) is 0 Å². The second kappa shape index (κ2) is 4.61. The molecule has 1 unspecified atom stereocenters. The third kappa shape index (κ3) is 3.35. The summed E-state index contributed by atoms with van der Waals surface area (Å²) in [6.45, 7) is 6.52. The van der Waals surface area contributed by atoms with E-state index in [0.717, 1.165) is 19.5 Å². The van der Waals surface area contributed by atoms with Crippen LogP contribution < -0.4 is 0 Å². The molecule has 1 saturated heterocycles. The number of rotatable bonds is 3. The topological polar surface area (TPSA) is 29.5 Å². The second-order valence-electron chi connectivity index (χ2n) is 4.20. The van der Waals surface area contributed by atoms with Gasteiger partial charge < -0.3 is 9.64 Å². The van der Waals surface area contributed by atoms with Gasteiger partial charge in [-0.25, -0.2) is 0 Å². The lowest BCUT2D eigenvalue weighted by Crippen LogP contribution is -2.20. The molecule has 1 rings (SSSR count). The van der Waals surface area contributed by atoms with Crippen LogP contribution in [0.15, 0.2) is 0 Å². The molecular formula is C10H19NO2. The minimum Gasteiger partial charge on any atom is -0.465 e. The molecule has 0 saturated carbocycles. The average Bonchev–Trinajstić information content (AvgIpc) is 2.47. The predicted octanol–water partition coefficient (Wildman–Crippen LogP) is 1.14. The summed E-state index contributed by atoms with van der Waals surface area (Å²) in [5, 5.41) is 0. The van der Waals surface area contributed by atoms with Crippen LogP contribution in [0.5, 0.6) is 0 Å². The van der Waals surface area contributed by atoms with E-state index in [2.05, 4.69) is 11.9 Å². The summed E-state index contributed by atoms with van der Waals surface area (Å²) in [4.78, 5) is 13.4. The van der Waals surface area contributed by atoms with Crippen LogP contribution in [0, 0.1) is 11.8 Å². The molecule has 1 aliphatic rings. The lowest BCUT2D eigenvalue weighted by Gasteiger charge is -2.12. The highest BCUT2D eigenvalue weighted by atomic mass is 16.5. The Kier molecular flexibility index (Phi) is 3.72. The first-order valence-corrected chi connectivity index (χ1v) is 4.94. The van der Waals surface area contributed by atoms with E-state index in [1.54, 1.807) is 0 Å². The summed E-state index contributed by atoms with van der Waals surface area (Å²) in [6.07, 6.45) is 1.15. The molecular weight excluding hydrogens is 166 g/mol. The number of likely N-dealkylation sites (tertiary alicyclic amines) is 1. The Labute approximate surface area is 80.1 Å². The number of nitrogens with zero attached hydrogens (tertiary/aromatic N) is 1. The molecule has 0 aromatic heterocycles. The van der Waals surface area contributed by atoms with Gasteiger partial charge in [-0.2, -0.15) is 0 Å². The van der Waals surface area contributed by atoms with Gasteiger partial charge in [-0.05, 0) is 20.0 Å². The lowest BCUT2D eigenvalue weighted by molar-refractivity contribution is -0.148. The molecule has 3 heteroatoms. The Bertz CT molecular complexity index is 180. The Morgan fingerprint density at radius 2 is 2.31 bits per heavy atom. The van der Waals surface area contributed by atoms with Crippen molar-refractivity contribution in [2.24, 2.45) is 11.8 Å². The summed E-state index contributed by atoms with van der Waals surface area (Å²) in [6, 6.07) is 0. The van der Waals surface area contributed by atoms with Gasteiger partial charge in [0, 0.05) is 12.5 Å². The maximum Gasteiger partial charge on any atom is 0.308 e. The van der Waals surface area contributed by atoms with Gasteiger partial charge in [0.2, 0.25) is 0 Å². The number of carbonyl (C=O) groups excluding carboxylic acids is 1. The minimum absolute atomic E-state index is 0.000803. The smallest absolute Gasteiger partial charge is 0.308 e. The average molecular weight is 185 g/mol. The third-order valence-electron chi connectivity index (χ3n) is 2.42. The van der Waals surface area contributed by atoms with Gasteiger partial charge in [-0.3, -0.25) is 4.79 Å². The van der Waals surface area contributed by atoms with Gasteiger partial charge >= 0.3 is 5.97 Å². The van der Waals surface area contributed by atoms with E-state index >= 15 is 0 Å². The van der Waals surface area contributed by atoms with Crippen LogP contribution in [0.4, 0.5) is 0 Å². The fraction of sp³-hybridized carbons (Fsp3) is 0.900. The minimum atomic E-state index is -0.0745. The van der Waals surface area contributed by atoms with E-state index in [4.69, 9.17) is 4.74 Å². The van der Waals surface area contributed by atoms with Crippen LogP contribution in [0.2, 0.25) is 0 Å². The molecule has 1 atom stereocenters. The van der Waals surface area contributed by atoms with Gasteiger partial charge in [-0.15, -0.1) is 0 Å². The first-order valence-electron chi connectivity index (χ1n) is 4.94. The van der Waals surface area contributed by atoms with Crippen molar-refractivity contribution >= 4 is 5.97 Å². The molecule has 0 bridgehead atoms. The molecule has 0 spiro atoms. The number of hydrogen-bond donors (Lipinski definition) is 0. The molecule has 0 aromatic rings. The third-order valence-corrected chi connectivity index (χ3v) is 2.42. The van der Waals surface area contributed by atoms with E-state index in [0.29, 0.717) is 12.5 Å². The van der Waals surface area contributed by atoms with Crippen molar-refractivity contribution in [1.29, 1.82) is 0 Å². The van der Waals surface area contributed by atoms with Crippen LogP contribution >= 0.6 is 0 Å². The van der Waals surface area contributed by atoms with Crippen LogP contribution in [-0.2, 0) is 9.53 Å². The fourth-order valence-corrected chi connectivity index (χ4v) is 1.53. The number of esters is 1. The largest absolute Gasteiger partial charge is 0.465 e. The van der Waals surface area contributed by atoms with Gasteiger partial charge in [0.25, 0.3) is 0 Å². The fourth-order valence-electron chi connectivity index (χ4n) is 1.53. The molecule has 0 N–H and O–H groups in total. The Morgan fingerprint density at radius 3 is 2.77 bits per heavy atom. The van der Waals surface area contributed by atoms with Crippen molar-refractivity contribution in [2.75, 3.05) is 26.7 Å². The van der Waals surface area contributed by atoms with Gasteiger partial charge in [-0.1, -0.05) is 13.8 Å². The number of ether oxygens (including phenoxy) is 1. The van der Waals surface area contributed by atoms with Crippen molar-refractivity contribution in [2.45, 2.75) is 20.3 Å². The summed E-state index contributed by atoms with van der Waals surface area (Å²) in [7, 11) is 2.10. The first-order chi connectivity index (χ1) is 6.09. The normalized spacial score (nSPS) is 23.8. The van der Waals surface area contributed by atoms with Crippen molar-refractivity contribution in [1.82, 2.24) is 4.90 Å². The van der Waals surface area contributed by atoms with Crippen LogP contribution in [0.3, 0.4) is 0 Å². The molecule has 76 valence electrons. The van der Waals surface area contributed by atoms with E-state index in [1.807, 2.05) is 13.8 Å². The summed E-state index contributed by atoms with van der Waals surface area (Å²) >= 11 is 0. The lowest BCUT2D eigenvalue weighted by atomic mass is 10.1. The van der Waals surface area contributed by atoms with Crippen LogP contribution in [0.25, 0.3) is 0 Å². The molecule has 13 heavy (non-hydrogen) atoms. The highest BCUT2D eigenvalue weighted by Gasteiger charge is 2.21. The summed E-state index contributed by atoms with van der Waals surface area (Å²) in [5.41, 5.74) is 0. The van der Waals surface area contributed by atoms with Crippen molar-refractivity contribution in [3.63, 3.8) is 0 Å². The Balaban J connectivity index is 2.16. The van der Waals surface area contributed by atoms with Crippen molar-refractivity contribution < 1.29 is 9.53 Å². The Hall–Kier alpha value is -0.570. The highest BCUT2D eigenvalue weighted by Crippen LogP contribution is 2.14. The van der Waals surface area contributed by atoms with Crippen LogP contribution in [-0.4, -0.2) is 37.6 Å². The maximum absolute atomic E-state index is 11.1. The Morgan fingerprint density at radius 1 is 1.62 bits per heavy atom. The SMILES string of the molecule is CC(C)C(=O)OCC1CCN(C)C1. The van der Waals surface area contributed by atoms with Crippen molar-refractivity contribution in [3.05, 3.63) is 0 Å².